The van der Waals surface area contributed by atoms with E-state index in [0.29, 0.717) is 22.3 Å². The van der Waals surface area contributed by atoms with Crippen molar-refractivity contribution in [1.29, 1.82) is 5.26 Å². The highest BCUT2D eigenvalue weighted by Crippen LogP contribution is 2.67. The summed E-state index contributed by atoms with van der Waals surface area (Å²) in [6.07, 6.45) is 14.4. The minimum Gasteiger partial charge on any atom is -0.390 e. The second-order valence-corrected chi connectivity index (χ2v) is 13.5. The van der Waals surface area contributed by atoms with Gasteiger partial charge < -0.3 is 10.2 Å². The summed E-state index contributed by atoms with van der Waals surface area (Å²) in [5.74, 6) is 3.75. The maximum absolute atomic E-state index is 11.0. The molecule has 4 aliphatic carbocycles. The number of allylic oxidation sites excluding steroid dienone is 1. The van der Waals surface area contributed by atoms with Gasteiger partial charge in [0, 0.05) is 0 Å². The molecule has 5 rings (SSSR count). The van der Waals surface area contributed by atoms with E-state index in [9.17, 15) is 10.2 Å². The molecule has 0 aliphatic heterocycles. The number of benzene rings is 1. The average Bonchev–Trinajstić information content (AvgIpc) is 3.25. The number of fused-ring (bicyclic) bond motifs is 5. The van der Waals surface area contributed by atoms with Crippen LogP contribution in [0.3, 0.4) is 0 Å². The molecule has 1 aromatic carbocycles. The van der Waals surface area contributed by atoms with Gasteiger partial charge in [-0.1, -0.05) is 51.5 Å². The third-order valence-electron chi connectivity index (χ3n) is 12.0. The van der Waals surface area contributed by atoms with E-state index in [4.69, 9.17) is 5.26 Å². The van der Waals surface area contributed by atoms with Gasteiger partial charge in [0.25, 0.3) is 0 Å². The molecule has 2 N–H and O–H groups in total. The van der Waals surface area contributed by atoms with Crippen LogP contribution < -0.4 is 0 Å². The molecule has 1 aromatic rings. The summed E-state index contributed by atoms with van der Waals surface area (Å²) in [5, 5.41) is 30.9. The van der Waals surface area contributed by atoms with Crippen molar-refractivity contribution in [3.05, 3.63) is 47.0 Å². The summed E-state index contributed by atoms with van der Waals surface area (Å²) in [5.41, 5.74) is 3.38. The molecule has 36 heavy (non-hydrogen) atoms. The van der Waals surface area contributed by atoms with Gasteiger partial charge in [0.05, 0.1) is 23.3 Å². The molecule has 3 nitrogen and oxygen atoms in total. The molecule has 3 saturated carbocycles. The largest absolute Gasteiger partial charge is 0.390 e. The molecule has 4 aliphatic rings. The Morgan fingerprint density at radius 1 is 1.03 bits per heavy atom. The number of nitriles is 1. The molecule has 0 heterocycles. The molecular weight excluding hydrogens is 442 g/mol. The number of nitrogens with zero attached hydrogens (tertiary/aromatic N) is 1. The lowest BCUT2D eigenvalue weighted by atomic mass is 9.46. The summed E-state index contributed by atoms with van der Waals surface area (Å²) in [6, 6.07) is 9.58. The molecule has 196 valence electrons. The zero-order chi connectivity index (χ0) is 25.7. The van der Waals surface area contributed by atoms with Crippen LogP contribution >= 0.6 is 0 Å². The van der Waals surface area contributed by atoms with Gasteiger partial charge in [-0.2, -0.15) is 5.26 Å². The first-order valence-electron chi connectivity index (χ1n) is 14.7. The average molecular weight is 490 g/mol. The zero-order valence-corrected chi connectivity index (χ0v) is 23.0. The summed E-state index contributed by atoms with van der Waals surface area (Å²) >= 11 is 0. The molecule has 9 atom stereocenters. The summed E-state index contributed by atoms with van der Waals surface area (Å²) in [6.45, 7) is 9.72. The minimum absolute atomic E-state index is 0.292. The molecule has 0 spiro atoms. The predicted molar refractivity (Wildman–Crippen MR) is 145 cm³/mol. The van der Waals surface area contributed by atoms with Crippen LogP contribution in [-0.2, 0) is 0 Å². The van der Waals surface area contributed by atoms with Crippen molar-refractivity contribution in [2.24, 2.45) is 40.4 Å². The van der Waals surface area contributed by atoms with Gasteiger partial charge in [0.1, 0.15) is 0 Å². The van der Waals surface area contributed by atoms with Gasteiger partial charge in [0.2, 0.25) is 0 Å². The molecule has 0 aromatic heterocycles. The Morgan fingerprint density at radius 3 is 2.47 bits per heavy atom. The number of hydrogen-bond acceptors (Lipinski definition) is 3. The predicted octanol–water partition coefficient (Wildman–Crippen LogP) is 7.73. The van der Waals surface area contributed by atoms with Gasteiger partial charge in [0.15, 0.2) is 0 Å². The minimum atomic E-state index is -0.475. The molecule has 0 unspecified atom stereocenters. The second kappa shape index (κ2) is 9.59. The lowest BCUT2D eigenvalue weighted by molar-refractivity contribution is -0.0757. The lowest BCUT2D eigenvalue weighted by Gasteiger charge is -2.59. The molecule has 0 amide bonds. The number of aliphatic hydroxyl groups excluding tert-OH is 1. The molecule has 0 radical (unpaired) electrons. The maximum Gasteiger partial charge on any atom is 0.0991 e. The Kier molecular flexibility index (Phi) is 6.93. The van der Waals surface area contributed by atoms with Gasteiger partial charge in [-0.15, -0.1) is 0 Å². The Balaban J connectivity index is 1.26. The van der Waals surface area contributed by atoms with Crippen molar-refractivity contribution in [3.8, 4) is 6.07 Å². The highest BCUT2D eigenvalue weighted by molar-refractivity contribution is 5.32. The Morgan fingerprint density at radius 2 is 1.78 bits per heavy atom. The van der Waals surface area contributed by atoms with E-state index in [1.807, 2.05) is 24.3 Å². The Bertz CT molecular complexity index is 1020. The van der Waals surface area contributed by atoms with Crippen LogP contribution in [0.5, 0.6) is 0 Å². The quantitative estimate of drug-likeness (QED) is 0.402. The van der Waals surface area contributed by atoms with Crippen LogP contribution in [0.15, 0.2) is 35.9 Å². The third kappa shape index (κ3) is 4.27. The maximum atomic E-state index is 11.0. The number of rotatable bonds is 6. The van der Waals surface area contributed by atoms with Crippen molar-refractivity contribution in [2.45, 2.75) is 110 Å². The zero-order valence-electron chi connectivity index (χ0n) is 23.0. The van der Waals surface area contributed by atoms with E-state index in [-0.39, 0.29) is 0 Å². The SMILES string of the molecule is CC[C@]1(O)CC[C@@]2(C)C(=CC[C@H]3[C@@H]4CC[C@H]([C@H](C)CC[C@H](O)c5ccc(C#N)cc5)[C@@]4(C)CC[C@@H]32)C1. The third-order valence-corrected chi connectivity index (χ3v) is 12.0. The van der Waals surface area contributed by atoms with Crippen molar-refractivity contribution in [2.75, 3.05) is 0 Å². The fourth-order valence-electron chi connectivity index (χ4n) is 9.56. The van der Waals surface area contributed by atoms with Crippen LogP contribution in [0.4, 0.5) is 0 Å². The monoisotopic (exact) mass is 489 g/mol. The van der Waals surface area contributed by atoms with Gasteiger partial charge in [-0.05, 0) is 129 Å². The van der Waals surface area contributed by atoms with E-state index in [1.54, 1.807) is 5.57 Å². The normalized spacial score (nSPS) is 41.3. The van der Waals surface area contributed by atoms with Gasteiger partial charge in [-0.3, -0.25) is 0 Å². The van der Waals surface area contributed by atoms with Crippen LogP contribution in [0.2, 0.25) is 0 Å². The van der Waals surface area contributed by atoms with E-state index < -0.39 is 11.7 Å². The van der Waals surface area contributed by atoms with Gasteiger partial charge >= 0.3 is 0 Å². The van der Waals surface area contributed by atoms with Crippen molar-refractivity contribution >= 4 is 0 Å². The lowest BCUT2D eigenvalue weighted by Crippen LogP contribution is -2.52. The van der Waals surface area contributed by atoms with E-state index >= 15 is 0 Å². The smallest absolute Gasteiger partial charge is 0.0991 e. The van der Waals surface area contributed by atoms with E-state index in [2.05, 4.69) is 39.8 Å². The highest BCUT2D eigenvalue weighted by atomic mass is 16.3. The van der Waals surface area contributed by atoms with E-state index in [0.717, 1.165) is 67.8 Å². The first-order valence-corrected chi connectivity index (χ1v) is 14.7. The molecule has 0 saturated heterocycles. The van der Waals surface area contributed by atoms with Crippen LogP contribution in [0, 0.1) is 51.8 Å². The fraction of sp³-hybridized carbons (Fsp3) is 0.727. The Labute approximate surface area is 219 Å². The summed E-state index contributed by atoms with van der Waals surface area (Å²) < 4.78 is 0. The van der Waals surface area contributed by atoms with Crippen LogP contribution in [0.25, 0.3) is 0 Å². The molecule has 3 heteroatoms. The summed E-state index contributed by atoms with van der Waals surface area (Å²) in [7, 11) is 0. The standard InChI is InChI=1S/C33H47NO2/c1-5-33(36)19-18-31(3)25(20-33)11-12-26-28-14-13-27(32(28,4)17-16-29(26)31)22(2)6-15-30(35)24-9-7-23(21-34)8-10-24/h7-11,22,26-30,35-36H,5-6,12-20H2,1-4H3/t22-,26+,27-,28+,29+,30+,31+,32-,33+/m1/s1. The molecule has 3 fully saturated rings. The molecule has 0 bridgehead atoms. The Hall–Kier alpha value is -1.63. The first-order chi connectivity index (χ1) is 17.1. The van der Waals surface area contributed by atoms with Gasteiger partial charge in [-0.25, -0.2) is 0 Å². The van der Waals surface area contributed by atoms with Crippen molar-refractivity contribution in [1.82, 2.24) is 0 Å². The van der Waals surface area contributed by atoms with Crippen LogP contribution in [-0.4, -0.2) is 15.8 Å². The molecular formula is C33H47NO2. The number of aliphatic hydroxyl groups is 2. The second-order valence-electron chi connectivity index (χ2n) is 13.5. The highest BCUT2D eigenvalue weighted by Gasteiger charge is 2.59. The first kappa shape index (κ1) is 26.0. The van der Waals surface area contributed by atoms with Crippen molar-refractivity contribution in [3.63, 3.8) is 0 Å². The summed E-state index contributed by atoms with van der Waals surface area (Å²) in [4.78, 5) is 0. The topological polar surface area (TPSA) is 64.2 Å². The van der Waals surface area contributed by atoms with Crippen LogP contribution in [0.1, 0.15) is 116 Å². The number of hydrogen-bond donors (Lipinski definition) is 2. The van der Waals surface area contributed by atoms with E-state index in [1.165, 1.54) is 32.1 Å². The van der Waals surface area contributed by atoms with Crippen molar-refractivity contribution < 1.29 is 10.2 Å². The fourth-order valence-corrected chi connectivity index (χ4v) is 9.56.